The Labute approximate surface area is 174 Å². The third-order valence-electron chi connectivity index (χ3n) is 4.76. The minimum absolute atomic E-state index is 0.0313. The molecule has 0 spiro atoms. The van der Waals surface area contributed by atoms with Crippen molar-refractivity contribution in [3.63, 3.8) is 0 Å². The normalized spacial score (nSPS) is 16.1. The summed E-state index contributed by atoms with van der Waals surface area (Å²) < 4.78 is 0. The molecule has 4 heterocycles. The minimum Gasteiger partial charge on any atom is -0.364 e. The van der Waals surface area contributed by atoms with Crippen LogP contribution in [0.4, 0.5) is 5.13 Å². The quantitative estimate of drug-likeness (QED) is 0.557. The monoisotopic (exact) mass is 429 g/mol. The zero-order valence-corrected chi connectivity index (χ0v) is 17.0. The maximum Gasteiger partial charge on any atom is 0.265 e. The third-order valence-corrected chi connectivity index (χ3v) is 6.39. The molecule has 3 amide bonds. The van der Waals surface area contributed by atoms with Crippen LogP contribution in [0.2, 0.25) is 0 Å². The average Bonchev–Trinajstić information content (AvgIpc) is 3.46. The molecular formula is C19H19N5O3S2. The molecule has 1 fully saturated rings. The number of aromatic amines is 1. The van der Waals surface area contributed by atoms with Crippen LogP contribution in [0.15, 0.2) is 35.2 Å². The largest absolute Gasteiger partial charge is 0.364 e. The highest BCUT2D eigenvalue weighted by atomic mass is 32.1. The zero-order valence-electron chi connectivity index (χ0n) is 15.4. The van der Waals surface area contributed by atoms with E-state index >= 15 is 0 Å². The molecule has 1 aliphatic heterocycles. The van der Waals surface area contributed by atoms with Gasteiger partial charge in [-0.2, -0.15) is 0 Å². The fourth-order valence-corrected chi connectivity index (χ4v) is 4.76. The van der Waals surface area contributed by atoms with Crippen LogP contribution in [0, 0.1) is 0 Å². The second kappa shape index (κ2) is 8.18. The van der Waals surface area contributed by atoms with Crippen molar-refractivity contribution in [3.05, 3.63) is 45.7 Å². The molecule has 10 heteroatoms. The lowest BCUT2D eigenvalue weighted by atomic mass is 10.2. The molecule has 3 aromatic rings. The molecule has 4 N–H and O–H groups in total. The maximum atomic E-state index is 12.8. The van der Waals surface area contributed by atoms with E-state index in [1.54, 1.807) is 22.5 Å². The van der Waals surface area contributed by atoms with E-state index in [2.05, 4.69) is 15.3 Å². The summed E-state index contributed by atoms with van der Waals surface area (Å²) in [5.74, 6) is -0.806. The number of carbonyl (C=O) groups excluding carboxylic acids is 3. The number of H-pyrrole nitrogens is 1. The lowest BCUT2D eigenvalue weighted by molar-refractivity contribution is -0.136. The summed E-state index contributed by atoms with van der Waals surface area (Å²) >= 11 is 2.83. The van der Waals surface area contributed by atoms with Gasteiger partial charge < -0.3 is 20.9 Å². The summed E-state index contributed by atoms with van der Waals surface area (Å²) in [6.45, 7) is 0.588. The number of nitrogens with zero attached hydrogens (tertiary/aromatic N) is 2. The van der Waals surface area contributed by atoms with Crippen LogP contribution in [0.5, 0.6) is 0 Å². The Morgan fingerprint density at radius 3 is 2.93 bits per heavy atom. The number of hydrogen-bond acceptors (Lipinski definition) is 6. The highest BCUT2D eigenvalue weighted by Gasteiger charge is 2.34. The van der Waals surface area contributed by atoms with Gasteiger partial charge >= 0.3 is 0 Å². The molecule has 29 heavy (non-hydrogen) atoms. The van der Waals surface area contributed by atoms with Crippen molar-refractivity contribution < 1.29 is 14.4 Å². The van der Waals surface area contributed by atoms with E-state index in [-0.39, 0.29) is 11.8 Å². The standard InChI is InChI=1S/C19H19N5O3S2/c20-17(26)13-7-11(9-21-13)14-10-29-19(22-14)23-18(27)15-4-1-5-24(15)16(25)8-12-3-2-6-28-12/h2-3,6-7,9-10,15,21H,1,4-5,8H2,(H2,20,26)(H,22,23,27). The van der Waals surface area contributed by atoms with Crippen LogP contribution < -0.4 is 11.1 Å². The summed E-state index contributed by atoms with van der Waals surface area (Å²) in [5, 5.41) is 7.00. The first-order valence-corrected chi connectivity index (χ1v) is 10.8. The van der Waals surface area contributed by atoms with Crippen LogP contribution in [0.25, 0.3) is 11.3 Å². The van der Waals surface area contributed by atoms with Crippen molar-refractivity contribution >= 4 is 45.5 Å². The predicted octanol–water partition coefficient (Wildman–Crippen LogP) is 2.47. The Bertz CT molecular complexity index is 1040. The number of anilines is 1. The van der Waals surface area contributed by atoms with Gasteiger partial charge in [0, 0.05) is 28.6 Å². The van der Waals surface area contributed by atoms with Gasteiger partial charge in [0.15, 0.2) is 5.13 Å². The Morgan fingerprint density at radius 2 is 2.21 bits per heavy atom. The topological polar surface area (TPSA) is 121 Å². The number of carbonyl (C=O) groups is 3. The van der Waals surface area contributed by atoms with Crippen molar-refractivity contribution in [1.29, 1.82) is 0 Å². The number of amides is 3. The summed E-state index contributed by atoms with van der Waals surface area (Å²) in [4.78, 5) is 46.5. The number of nitrogens with two attached hydrogens (primary N) is 1. The molecule has 3 aromatic heterocycles. The lowest BCUT2D eigenvalue weighted by Crippen LogP contribution is -2.43. The number of nitrogens with one attached hydrogen (secondary N) is 2. The first-order chi connectivity index (χ1) is 14.0. The molecule has 1 aliphatic rings. The lowest BCUT2D eigenvalue weighted by Gasteiger charge is -2.23. The predicted molar refractivity (Wildman–Crippen MR) is 112 cm³/mol. The van der Waals surface area contributed by atoms with Gasteiger partial charge in [0.25, 0.3) is 5.91 Å². The van der Waals surface area contributed by atoms with Gasteiger partial charge in [-0.1, -0.05) is 6.07 Å². The van der Waals surface area contributed by atoms with Gasteiger partial charge in [0.1, 0.15) is 11.7 Å². The number of likely N-dealkylation sites (tertiary alicyclic amines) is 1. The van der Waals surface area contributed by atoms with Crippen LogP contribution in [-0.2, 0) is 16.0 Å². The van der Waals surface area contributed by atoms with E-state index in [1.807, 2.05) is 17.5 Å². The highest BCUT2D eigenvalue weighted by molar-refractivity contribution is 7.14. The number of primary amides is 1. The molecule has 1 saturated heterocycles. The maximum absolute atomic E-state index is 12.8. The Hall–Kier alpha value is -2.98. The number of rotatable bonds is 6. The van der Waals surface area contributed by atoms with E-state index in [0.29, 0.717) is 41.5 Å². The average molecular weight is 430 g/mol. The van der Waals surface area contributed by atoms with E-state index in [9.17, 15) is 14.4 Å². The second-order valence-electron chi connectivity index (χ2n) is 6.69. The molecule has 0 aromatic carbocycles. The van der Waals surface area contributed by atoms with Crippen molar-refractivity contribution in [2.45, 2.75) is 25.3 Å². The van der Waals surface area contributed by atoms with Gasteiger partial charge in [0.2, 0.25) is 11.8 Å². The van der Waals surface area contributed by atoms with Gasteiger partial charge in [-0.25, -0.2) is 4.98 Å². The molecule has 150 valence electrons. The van der Waals surface area contributed by atoms with Crippen molar-refractivity contribution in [1.82, 2.24) is 14.9 Å². The van der Waals surface area contributed by atoms with E-state index < -0.39 is 11.9 Å². The van der Waals surface area contributed by atoms with Crippen molar-refractivity contribution in [3.8, 4) is 11.3 Å². The van der Waals surface area contributed by atoms with E-state index in [1.165, 1.54) is 22.7 Å². The van der Waals surface area contributed by atoms with E-state index in [0.717, 1.165) is 11.3 Å². The molecule has 0 bridgehead atoms. The Balaban J connectivity index is 1.41. The molecule has 0 radical (unpaired) electrons. The third kappa shape index (κ3) is 4.22. The van der Waals surface area contributed by atoms with Gasteiger partial charge in [-0.3, -0.25) is 14.4 Å². The SMILES string of the molecule is NC(=O)c1cc(-c2csc(NC(=O)C3CCCN3C(=O)Cc3cccs3)n2)c[nH]1. The second-order valence-corrected chi connectivity index (χ2v) is 8.59. The van der Waals surface area contributed by atoms with Gasteiger partial charge in [-0.15, -0.1) is 22.7 Å². The van der Waals surface area contributed by atoms with Crippen LogP contribution >= 0.6 is 22.7 Å². The fraction of sp³-hybridized carbons (Fsp3) is 0.263. The van der Waals surface area contributed by atoms with Crippen molar-refractivity contribution in [2.75, 3.05) is 11.9 Å². The van der Waals surface area contributed by atoms with Crippen LogP contribution in [-0.4, -0.2) is 45.2 Å². The molecular weight excluding hydrogens is 410 g/mol. The van der Waals surface area contributed by atoms with Crippen LogP contribution in [0.3, 0.4) is 0 Å². The van der Waals surface area contributed by atoms with Crippen LogP contribution in [0.1, 0.15) is 28.2 Å². The molecule has 0 aliphatic carbocycles. The number of hydrogen-bond donors (Lipinski definition) is 3. The first-order valence-electron chi connectivity index (χ1n) is 9.08. The van der Waals surface area contributed by atoms with Crippen molar-refractivity contribution in [2.24, 2.45) is 5.73 Å². The fourth-order valence-electron chi connectivity index (χ4n) is 3.34. The summed E-state index contributed by atoms with van der Waals surface area (Å²) in [6, 6.07) is 4.97. The summed E-state index contributed by atoms with van der Waals surface area (Å²) in [7, 11) is 0. The zero-order chi connectivity index (χ0) is 20.4. The molecule has 1 unspecified atom stereocenters. The number of thiazole rings is 1. The van der Waals surface area contributed by atoms with Gasteiger partial charge in [-0.05, 0) is 30.4 Å². The summed E-state index contributed by atoms with van der Waals surface area (Å²) in [5.41, 5.74) is 6.89. The molecule has 4 rings (SSSR count). The Morgan fingerprint density at radius 1 is 1.34 bits per heavy atom. The first kappa shape index (κ1) is 19.3. The minimum atomic E-state index is -0.548. The smallest absolute Gasteiger partial charge is 0.265 e. The van der Waals surface area contributed by atoms with E-state index in [4.69, 9.17) is 5.73 Å². The van der Waals surface area contributed by atoms with Gasteiger partial charge in [0.05, 0.1) is 12.1 Å². The number of thiophene rings is 1. The molecule has 1 atom stereocenters. The molecule has 0 saturated carbocycles. The summed E-state index contributed by atoms with van der Waals surface area (Å²) in [6.07, 6.45) is 3.40. The number of aromatic nitrogens is 2. The Kier molecular flexibility index (Phi) is 5.45. The highest BCUT2D eigenvalue weighted by Crippen LogP contribution is 2.27. The molecule has 8 nitrogen and oxygen atoms in total.